The number of methoxy groups -OCH3 is 1. The van der Waals surface area contributed by atoms with Crippen molar-refractivity contribution in [3.8, 4) is 5.75 Å². The van der Waals surface area contributed by atoms with Crippen LogP contribution in [0, 0.1) is 5.82 Å². The summed E-state index contributed by atoms with van der Waals surface area (Å²) in [5.74, 6) is 1.06. The average Bonchev–Trinajstić information content (AvgIpc) is 2.65. The number of ether oxygens (including phenoxy) is 2. The molecule has 1 atom stereocenters. The molecule has 0 bridgehead atoms. The van der Waals surface area contributed by atoms with Crippen LogP contribution in [0.4, 0.5) is 4.39 Å². The van der Waals surface area contributed by atoms with Gasteiger partial charge in [-0.05, 0) is 42.3 Å². The van der Waals surface area contributed by atoms with Gasteiger partial charge in [-0.2, -0.15) is 0 Å². The number of benzene rings is 2. The molecule has 2 aromatic carbocycles. The van der Waals surface area contributed by atoms with Gasteiger partial charge >= 0.3 is 0 Å². The summed E-state index contributed by atoms with van der Waals surface area (Å²) < 4.78 is 23.8. The Morgan fingerprint density at radius 3 is 2.31 bits per heavy atom. The van der Waals surface area contributed by atoms with Gasteiger partial charge in [0.1, 0.15) is 17.7 Å². The second kappa shape index (κ2) is 10.4. The Hall–Kier alpha value is -2.60. The molecule has 0 saturated carbocycles. The molecule has 0 spiro atoms. The number of nitrogens with zero attached hydrogens (tertiary/aromatic N) is 1. The van der Waals surface area contributed by atoms with Crippen LogP contribution >= 0.6 is 0 Å². The van der Waals surface area contributed by atoms with Crippen molar-refractivity contribution in [3.05, 3.63) is 65.5 Å². The summed E-state index contributed by atoms with van der Waals surface area (Å²) in [4.78, 5) is 4.21. The Kier molecular flexibility index (Phi) is 7.89. The van der Waals surface area contributed by atoms with E-state index in [1.165, 1.54) is 12.1 Å². The lowest BCUT2D eigenvalue weighted by atomic mass is 10.1. The van der Waals surface area contributed by atoms with E-state index < -0.39 is 0 Å². The van der Waals surface area contributed by atoms with Crippen molar-refractivity contribution < 1.29 is 13.9 Å². The molecule has 5 nitrogen and oxygen atoms in total. The third-order valence-corrected chi connectivity index (χ3v) is 3.73. The van der Waals surface area contributed by atoms with E-state index in [1.54, 1.807) is 26.3 Å². The molecule has 2 rings (SSSR count). The minimum atomic E-state index is -0.275. The lowest BCUT2D eigenvalue weighted by Crippen LogP contribution is -2.41. The Morgan fingerprint density at radius 2 is 1.69 bits per heavy atom. The molecule has 0 aromatic heterocycles. The van der Waals surface area contributed by atoms with E-state index in [1.807, 2.05) is 6.92 Å². The fourth-order valence-electron chi connectivity index (χ4n) is 2.35. The van der Waals surface area contributed by atoms with Crippen molar-refractivity contribution in [2.24, 2.45) is 4.99 Å². The van der Waals surface area contributed by atoms with Crippen LogP contribution in [0.2, 0.25) is 0 Å². The summed E-state index contributed by atoms with van der Waals surface area (Å²) >= 11 is 0. The van der Waals surface area contributed by atoms with Crippen LogP contribution in [0.5, 0.6) is 5.75 Å². The highest BCUT2D eigenvalue weighted by Crippen LogP contribution is 2.12. The van der Waals surface area contributed by atoms with E-state index >= 15 is 0 Å². The second-order valence-electron chi connectivity index (χ2n) is 5.94. The zero-order chi connectivity index (χ0) is 18.8. The van der Waals surface area contributed by atoms with Crippen LogP contribution < -0.4 is 15.4 Å². The van der Waals surface area contributed by atoms with Crippen LogP contribution in [0.25, 0.3) is 0 Å². The lowest BCUT2D eigenvalue weighted by Gasteiger charge is -2.18. The van der Waals surface area contributed by atoms with E-state index in [-0.39, 0.29) is 11.9 Å². The minimum Gasteiger partial charge on any atom is -0.489 e. The number of aliphatic imine (C=N–C) groups is 1. The van der Waals surface area contributed by atoms with Gasteiger partial charge in [-0.15, -0.1) is 0 Å². The SMILES string of the molecule is CN=C(NCc1ccc(COC)cc1)NCC(C)Oc1ccc(F)cc1. The van der Waals surface area contributed by atoms with Gasteiger partial charge in [-0.1, -0.05) is 24.3 Å². The summed E-state index contributed by atoms with van der Waals surface area (Å²) in [6.45, 7) is 3.80. The van der Waals surface area contributed by atoms with E-state index in [4.69, 9.17) is 9.47 Å². The summed E-state index contributed by atoms with van der Waals surface area (Å²) in [7, 11) is 3.41. The first-order valence-electron chi connectivity index (χ1n) is 8.54. The number of guanidine groups is 1. The fraction of sp³-hybridized carbons (Fsp3) is 0.350. The maximum absolute atomic E-state index is 12.9. The number of rotatable bonds is 8. The summed E-state index contributed by atoms with van der Waals surface area (Å²) in [6, 6.07) is 14.2. The van der Waals surface area contributed by atoms with Crippen molar-refractivity contribution >= 4 is 5.96 Å². The highest BCUT2D eigenvalue weighted by molar-refractivity contribution is 5.79. The van der Waals surface area contributed by atoms with E-state index in [0.29, 0.717) is 31.4 Å². The Labute approximate surface area is 154 Å². The minimum absolute atomic E-state index is 0.0904. The van der Waals surface area contributed by atoms with Gasteiger partial charge in [-0.3, -0.25) is 4.99 Å². The van der Waals surface area contributed by atoms with Crippen LogP contribution in [-0.2, 0) is 17.9 Å². The van der Waals surface area contributed by atoms with Gasteiger partial charge in [0, 0.05) is 20.7 Å². The zero-order valence-electron chi connectivity index (χ0n) is 15.5. The van der Waals surface area contributed by atoms with E-state index in [2.05, 4.69) is 39.9 Å². The highest BCUT2D eigenvalue weighted by atomic mass is 19.1. The smallest absolute Gasteiger partial charge is 0.191 e. The molecule has 0 radical (unpaired) electrons. The molecule has 0 aliphatic rings. The molecule has 26 heavy (non-hydrogen) atoms. The predicted molar refractivity (Wildman–Crippen MR) is 102 cm³/mol. The topological polar surface area (TPSA) is 54.9 Å². The quantitative estimate of drug-likeness (QED) is 0.562. The van der Waals surface area contributed by atoms with Crippen molar-refractivity contribution in [1.82, 2.24) is 10.6 Å². The normalized spacial score (nSPS) is 12.5. The molecule has 0 fully saturated rings. The second-order valence-corrected chi connectivity index (χ2v) is 5.94. The summed E-state index contributed by atoms with van der Waals surface area (Å²) in [6.07, 6.45) is -0.0904. The first-order valence-corrected chi connectivity index (χ1v) is 8.54. The van der Waals surface area contributed by atoms with Crippen LogP contribution in [0.3, 0.4) is 0 Å². The van der Waals surface area contributed by atoms with Gasteiger partial charge < -0.3 is 20.1 Å². The maximum atomic E-state index is 12.9. The maximum Gasteiger partial charge on any atom is 0.191 e. The van der Waals surface area contributed by atoms with Crippen molar-refractivity contribution in [2.45, 2.75) is 26.2 Å². The molecule has 1 unspecified atom stereocenters. The molecule has 6 heteroatoms. The number of halogens is 1. The van der Waals surface area contributed by atoms with Crippen LogP contribution in [0.15, 0.2) is 53.5 Å². The lowest BCUT2D eigenvalue weighted by molar-refractivity contribution is 0.185. The number of hydrogen-bond acceptors (Lipinski definition) is 3. The molecule has 2 N–H and O–H groups in total. The molecular formula is C20H26FN3O2. The Balaban J connectivity index is 1.75. The van der Waals surface area contributed by atoms with Crippen molar-refractivity contribution in [1.29, 1.82) is 0 Å². The third-order valence-electron chi connectivity index (χ3n) is 3.73. The molecule has 0 saturated heterocycles. The summed E-state index contributed by atoms with van der Waals surface area (Å²) in [5, 5.41) is 6.49. The zero-order valence-corrected chi connectivity index (χ0v) is 15.5. The molecule has 0 aliphatic heterocycles. The van der Waals surface area contributed by atoms with Gasteiger partial charge in [0.15, 0.2) is 5.96 Å². The van der Waals surface area contributed by atoms with Gasteiger partial charge in [-0.25, -0.2) is 4.39 Å². The first-order chi connectivity index (χ1) is 12.6. The predicted octanol–water partition coefficient (Wildman–Crippen LogP) is 3.10. The largest absolute Gasteiger partial charge is 0.489 e. The Morgan fingerprint density at radius 1 is 1.04 bits per heavy atom. The summed E-state index contributed by atoms with van der Waals surface area (Å²) in [5.41, 5.74) is 2.30. The van der Waals surface area contributed by atoms with Crippen LogP contribution in [-0.4, -0.2) is 32.8 Å². The average molecular weight is 359 g/mol. The molecule has 2 aromatic rings. The molecule has 0 heterocycles. The Bertz CT molecular complexity index is 687. The molecular weight excluding hydrogens is 333 g/mol. The first kappa shape index (κ1) is 19.7. The van der Waals surface area contributed by atoms with Gasteiger partial charge in [0.25, 0.3) is 0 Å². The molecule has 140 valence electrons. The molecule has 0 aliphatic carbocycles. The number of nitrogens with one attached hydrogen (secondary N) is 2. The van der Waals surface area contributed by atoms with E-state index in [9.17, 15) is 4.39 Å². The molecule has 0 amide bonds. The van der Waals surface area contributed by atoms with Gasteiger partial charge in [0.05, 0.1) is 13.2 Å². The standard InChI is InChI=1S/C20H26FN3O2/c1-15(26-19-10-8-18(21)9-11-19)12-23-20(22-2)24-13-16-4-6-17(7-5-16)14-25-3/h4-11,15H,12-14H2,1-3H3,(H2,22,23,24). The third kappa shape index (κ3) is 6.72. The fourth-order valence-corrected chi connectivity index (χ4v) is 2.35. The van der Waals surface area contributed by atoms with Gasteiger partial charge in [0.2, 0.25) is 0 Å². The monoisotopic (exact) mass is 359 g/mol. The number of hydrogen-bond donors (Lipinski definition) is 2. The highest BCUT2D eigenvalue weighted by Gasteiger charge is 2.06. The van der Waals surface area contributed by atoms with Crippen molar-refractivity contribution in [3.63, 3.8) is 0 Å². The van der Waals surface area contributed by atoms with Crippen molar-refractivity contribution in [2.75, 3.05) is 20.7 Å². The van der Waals surface area contributed by atoms with Crippen LogP contribution in [0.1, 0.15) is 18.1 Å². The van der Waals surface area contributed by atoms with E-state index in [0.717, 1.165) is 11.1 Å².